The number of alkyl halides is 6. The molecule has 1 aliphatic rings. The number of aliphatic hydroxyl groups is 1. The molecule has 0 bridgehead atoms. The average molecular weight is 448 g/mol. The first kappa shape index (κ1) is 21.3. The van der Waals surface area contributed by atoms with Crippen molar-refractivity contribution in [3.8, 4) is 0 Å². The Morgan fingerprint density at radius 2 is 1.61 bits per heavy atom. The van der Waals surface area contributed by atoms with Crippen molar-refractivity contribution in [2.24, 2.45) is 0 Å². The zero-order valence-corrected chi connectivity index (χ0v) is 15.6. The number of nitrogens with zero attached hydrogens (tertiary/aromatic N) is 3. The lowest BCUT2D eigenvalue weighted by atomic mass is 9.62. The van der Waals surface area contributed by atoms with Crippen LogP contribution in [0.15, 0.2) is 36.4 Å². The summed E-state index contributed by atoms with van der Waals surface area (Å²) in [5, 5.41) is 15.9. The second-order valence-electron chi connectivity index (χ2n) is 7.52. The van der Waals surface area contributed by atoms with Gasteiger partial charge in [0.25, 0.3) is 0 Å². The maximum absolute atomic E-state index is 13.3. The predicted molar refractivity (Wildman–Crippen MR) is 94.8 cm³/mol. The van der Waals surface area contributed by atoms with Crippen LogP contribution in [0.25, 0.3) is 5.65 Å². The van der Waals surface area contributed by atoms with Gasteiger partial charge in [0, 0.05) is 24.1 Å². The molecule has 0 saturated heterocycles. The number of benzene rings is 1. The van der Waals surface area contributed by atoms with Crippen LogP contribution in [0, 0.1) is 5.82 Å². The Hall–Kier alpha value is -2.89. The van der Waals surface area contributed by atoms with Gasteiger partial charge >= 0.3 is 12.4 Å². The summed E-state index contributed by atoms with van der Waals surface area (Å²) in [7, 11) is 0. The largest absolute Gasteiger partial charge is 0.435 e. The highest BCUT2D eigenvalue weighted by Crippen LogP contribution is 2.44. The van der Waals surface area contributed by atoms with Gasteiger partial charge in [-0.25, -0.2) is 9.37 Å². The first-order valence-electron chi connectivity index (χ1n) is 9.11. The Morgan fingerprint density at radius 3 is 2.16 bits per heavy atom. The number of fused-ring (bicyclic) bond motifs is 1. The van der Waals surface area contributed by atoms with Crippen LogP contribution in [-0.2, 0) is 17.8 Å². The molecule has 4 rings (SSSR count). The molecular weight excluding hydrogens is 433 g/mol. The summed E-state index contributed by atoms with van der Waals surface area (Å²) >= 11 is 0. The molecule has 3 aromatic rings. The average Bonchev–Trinajstić information content (AvgIpc) is 3.09. The highest BCUT2D eigenvalue weighted by Gasteiger charge is 2.45. The lowest BCUT2D eigenvalue weighted by molar-refractivity contribution is -0.142. The third kappa shape index (κ3) is 4.03. The SMILES string of the molecule is OC1CC(CNc2cc(C(F)(F)F)nc3cc(C(F)(F)F)nn23)(c2ccc(F)cc2)C1. The molecule has 1 saturated carbocycles. The van der Waals surface area contributed by atoms with Crippen molar-refractivity contribution in [2.45, 2.75) is 36.7 Å². The normalized spacial score (nSPS) is 21.9. The Morgan fingerprint density at radius 1 is 1.00 bits per heavy atom. The lowest BCUT2D eigenvalue weighted by Gasteiger charge is -2.46. The van der Waals surface area contributed by atoms with E-state index in [2.05, 4.69) is 15.4 Å². The molecule has 0 atom stereocenters. The summed E-state index contributed by atoms with van der Waals surface area (Å²) in [4.78, 5) is 3.25. The van der Waals surface area contributed by atoms with Crippen LogP contribution in [0.1, 0.15) is 29.8 Å². The summed E-state index contributed by atoms with van der Waals surface area (Å²) in [6, 6.07) is 6.45. The molecule has 1 fully saturated rings. The first-order chi connectivity index (χ1) is 14.4. The molecule has 31 heavy (non-hydrogen) atoms. The van der Waals surface area contributed by atoms with E-state index in [0.29, 0.717) is 22.2 Å². The molecule has 12 heteroatoms. The van der Waals surface area contributed by atoms with Crippen molar-refractivity contribution in [3.05, 3.63) is 59.2 Å². The van der Waals surface area contributed by atoms with Gasteiger partial charge in [0.2, 0.25) is 0 Å². The highest BCUT2D eigenvalue weighted by atomic mass is 19.4. The third-order valence-electron chi connectivity index (χ3n) is 5.33. The Kier molecular flexibility index (Phi) is 4.87. The third-order valence-corrected chi connectivity index (χ3v) is 5.33. The van der Waals surface area contributed by atoms with Crippen molar-refractivity contribution in [2.75, 3.05) is 11.9 Å². The summed E-state index contributed by atoms with van der Waals surface area (Å²) in [6.45, 7) is -0.0205. The minimum absolute atomic E-state index is 0.0205. The molecule has 0 aliphatic heterocycles. The van der Waals surface area contributed by atoms with Crippen molar-refractivity contribution in [1.82, 2.24) is 14.6 Å². The summed E-state index contributed by atoms with van der Waals surface area (Å²) in [6.07, 6.45) is -9.91. The zero-order chi connectivity index (χ0) is 22.6. The summed E-state index contributed by atoms with van der Waals surface area (Å²) < 4.78 is 92.7. The van der Waals surface area contributed by atoms with Crippen molar-refractivity contribution in [3.63, 3.8) is 0 Å². The van der Waals surface area contributed by atoms with Crippen LogP contribution < -0.4 is 5.32 Å². The number of nitrogens with one attached hydrogen (secondary N) is 1. The topological polar surface area (TPSA) is 62.5 Å². The molecule has 0 unspecified atom stereocenters. The van der Waals surface area contributed by atoms with Gasteiger partial charge in [0.05, 0.1) is 6.10 Å². The molecular formula is C19H15F7N4O. The molecule has 0 amide bonds. The Bertz CT molecular complexity index is 1100. The molecule has 0 radical (unpaired) electrons. The lowest BCUT2D eigenvalue weighted by Crippen LogP contribution is -2.49. The molecule has 2 aromatic heterocycles. The molecule has 0 spiro atoms. The van der Waals surface area contributed by atoms with Gasteiger partial charge in [0.15, 0.2) is 17.0 Å². The maximum Gasteiger partial charge on any atom is 0.435 e. The number of aliphatic hydroxyl groups excluding tert-OH is 1. The molecule has 1 aliphatic carbocycles. The van der Waals surface area contributed by atoms with Crippen LogP contribution in [0.5, 0.6) is 0 Å². The van der Waals surface area contributed by atoms with E-state index in [0.717, 1.165) is 0 Å². The Labute approximate surface area is 170 Å². The fourth-order valence-corrected chi connectivity index (χ4v) is 3.77. The van der Waals surface area contributed by atoms with Gasteiger partial charge in [-0.1, -0.05) is 12.1 Å². The van der Waals surface area contributed by atoms with Crippen molar-refractivity contribution < 1.29 is 35.8 Å². The van der Waals surface area contributed by atoms with Crippen molar-refractivity contribution in [1.29, 1.82) is 0 Å². The van der Waals surface area contributed by atoms with E-state index in [4.69, 9.17) is 0 Å². The van der Waals surface area contributed by atoms with Crippen LogP contribution in [0.3, 0.4) is 0 Å². The Balaban J connectivity index is 1.72. The molecule has 2 heterocycles. The molecule has 1 aromatic carbocycles. The molecule has 2 N–H and O–H groups in total. The smallest absolute Gasteiger partial charge is 0.393 e. The number of halogens is 7. The van der Waals surface area contributed by atoms with Gasteiger partial charge in [-0.3, -0.25) is 0 Å². The fraction of sp³-hybridized carbons (Fsp3) is 0.368. The van der Waals surface area contributed by atoms with E-state index in [1.165, 1.54) is 24.3 Å². The number of aromatic nitrogens is 3. The van der Waals surface area contributed by atoms with Gasteiger partial charge in [-0.2, -0.15) is 36.0 Å². The first-order valence-corrected chi connectivity index (χ1v) is 9.11. The fourth-order valence-electron chi connectivity index (χ4n) is 3.77. The number of rotatable bonds is 4. The number of hydrogen-bond acceptors (Lipinski definition) is 4. The summed E-state index contributed by atoms with van der Waals surface area (Å²) in [5.41, 5.74) is -3.46. The maximum atomic E-state index is 13.3. The standard InChI is InChI=1S/C19H15F7N4O/c20-11-3-1-10(2-4-11)17(7-12(31)8-17)9-27-15-5-13(18(21,22)23)28-16-6-14(19(24,25)26)29-30(15)16/h1-6,12,27,31H,7-9H2. The van der Waals surface area contributed by atoms with Crippen LogP contribution in [0.2, 0.25) is 0 Å². The zero-order valence-electron chi connectivity index (χ0n) is 15.6. The predicted octanol–water partition coefficient (Wildman–Crippen LogP) is 4.41. The number of hydrogen-bond donors (Lipinski definition) is 2. The van der Waals surface area contributed by atoms with E-state index in [1.807, 2.05) is 0 Å². The van der Waals surface area contributed by atoms with Gasteiger partial charge in [-0.05, 0) is 30.5 Å². The second kappa shape index (κ2) is 7.08. The van der Waals surface area contributed by atoms with Crippen LogP contribution in [-0.4, -0.2) is 32.4 Å². The second-order valence-corrected chi connectivity index (χ2v) is 7.52. The highest BCUT2D eigenvalue weighted by molar-refractivity contribution is 5.52. The van der Waals surface area contributed by atoms with Gasteiger partial charge in [0.1, 0.15) is 11.6 Å². The summed E-state index contributed by atoms with van der Waals surface area (Å²) in [5.74, 6) is -0.815. The molecule has 166 valence electrons. The van der Waals surface area contributed by atoms with Gasteiger partial charge < -0.3 is 10.4 Å². The number of anilines is 1. The molecule has 5 nitrogen and oxygen atoms in total. The minimum atomic E-state index is -4.89. The monoisotopic (exact) mass is 448 g/mol. The van der Waals surface area contributed by atoms with Gasteiger partial charge in [-0.15, -0.1) is 0 Å². The van der Waals surface area contributed by atoms with E-state index >= 15 is 0 Å². The quantitative estimate of drug-likeness (QED) is 0.581. The van der Waals surface area contributed by atoms with Crippen LogP contribution in [0.4, 0.5) is 36.6 Å². The van der Waals surface area contributed by atoms with Crippen LogP contribution >= 0.6 is 0 Å². The van der Waals surface area contributed by atoms with Crippen molar-refractivity contribution >= 4 is 11.5 Å². The van der Waals surface area contributed by atoms with E-state index in [1.54, 1.807) is 0 Å². The minimum Gasteiger partial charge on any atom is -0.393 e. The van der Waals surface area contributed by atoms with E-state index in [9.17, 15) is 35.8 Å². The van der Waals surface area contributed by atoms with E-state index in [-0.39, 0.29) is 25.2 Å². The van der Waals surface area contributed by atoms with E-state index < -0.39 is 46.7 Å².